The van der Waals surface area contributed by atoms with E-state index in [1.54, 1.807) is 23.5 Å². The molecule has 1 aromatic carbocycles. The number of benzene rings is 1. The molecule has 33 heavy (non-hydrogen) atoms. The van der Waals surface area contributed by atoms with Crippen LogP contribution < -0.4 is 5.32 Å². The molecule has 1 aliphatic carbocycles. The van der Waals surface area contributed by atoms with E-state index in [1.807, 2.05) is 43.5 Å². The molecular weight excluding hydrogens is 434 g/mol. The van der Waals surface area contributed by atoms with E-state index in [9.17, 15) is 14.4 Å². The summed E-state index contributed by atoms with van der Waals surface area (Å²) in [6, 6.07) is 13.2. The lowest BCUT2D eigenvalue weighted by atomic mass is 9.85. The second-order valence-electron chi connectivity index (χ2n) is 8.33. The first-order valence-electron chi connectivity index (χ1n) is 10.7. The van der Waals surface area contributed by atoms with E-state index in [-0.39, 0.29) is 30.3 Å². The predicted molar refractivity (Wildman–Crippen MR) is 126 cm³/mol. The van der Waals surface area contributed by atoms with E-state index in [0.29, 0.717) is 12.1 Å². The number of nitrogens with zero attached hydrogens (tertiary/aromatic N) is 2. The van der Waals surface area contributed by atoms with Gasteiger partial charge in [-0.05, 0) is 66.2 Å². The standard InChI is InChI=1S/C26H23N3O3S/c1-15-8-18(21-6-5-17(12-27)13-28-21)9-16(2)24(15)25-22(30)10-19(26(25)32)11-23(31)29-14-20-4-3-7-33-20/h3-9,13,19,25H,10-11,14H2,1-2H3,(H,29,31). The van der Waals surface area contributed by atoms with Gasteiger partial charge in [-0.25, -0.2) is 0 Å². The van der Waals surface area contributed by atoms with Crippen LogP contribution in [0.1, 0.15) is 45.9 Å². The van der Waals surface area contributed by atoms with E-state index in [4.69, 9.17) is 5.26 Å². The maximum absolute atomic E-state index is 13.2. The van der Waals surface area contributed by atoms with Gasteiger partial charge in [-0.3, -0.25) is 19.4 Å². The van der Waals surface area contributed by atoms with Gasteiger partial charge in [-0.2, -0.15) is 5.26 Å². The van der Waals surface area contributed by atoms with E-state index in [2.05, 4.69) is 16.4 Å². The second kappa shape index (κ2) is 9.47. The zero-order valence-corrected chi connectivity index (χ0v) is 19.2. The number of amides is 1. The molecule has 0 aliphatic heterocycles. The number of pyridine rings is 1. The third kappa shape index (κ3) is 4.76. The zero-order valence-electron chi connectivity index (χ0n) is 18.4. The summed E-state index contributed by atoms with van der Waals surface area (Å²) in [6.07, 6.45) is 1.64. The van der Waals surface area contributed by atoms with Gasteiger partial charge in [0.15, 0.2) is 5.78 Å². The van der Waals surface area contributed by atoms with Crippen molar-refractivity contribution in [1.82, 2.24) is 10.3 Å². The normalized spacial score (nSPS) is 17.7. The molecule has 166 valence electrons. The van der Waals surface area contributed by atoms with Crippen molar-refractivity contribution in [2.24, 2.45) is 5.92 Å². The molecule has 6 nitrogen and oxygen atoms in total. The molecule has 2 atom stereocenters. The van der Waals surface area contributed by atoms with Crippen LogP contribution in [0.4, 0.5) is 0 Å². The summed E-state index contributed by atoms with van der Waals surface area (Å²) in [5.41, 5.74) is 4.47. The van der Waals surface area contributed by atoms with Gasteiger partial charge in [-0.15, -0.1) is 11.3 Å². The molecule has 2 aromatic heterocycles. The fourth-order valence-electron chi connectivity index (χ4n) is 4.44. The largest absolute Gasteiger partial charge is 0.351 e. The highest BCUT2D eigenvalue weighted by molar-refractivity contribution is 7.09. The number of hydrogen-bond acceptors (Lipinski definition) is 6. The predicted octanol–water partition coefficient (Wildman–Crippen LogP) is 4.25. The summed E-state index contributed by atoms with van der Waals surface area (Å²) in [7, 11) is 0. The Hall–Kier alpha value is -3.63. The molecule has 1 N–H and O–H groups in total. The Bertz CT molecular complexity index is 1230. The number of Topliss-reactive ketones (excluding diaryl/α,β-unsaturated/α-hetero) is 2. The molecule has 0 radical (unpaired) electrons. The van der Waals surface area contributed by atoms with Crippen LogP contribution in [0, 0.1) is 31.1 Å². The summed E-state index contributed by atoms with van der Waals surface area (Å²) >= 11 is 1.56. The van der Waals surface area contributed by atoms with E-state index >= 15 is 0 Å². The number of carbonyl (C=O) groups is 3. The van der Waals surface area contributed by atoms with Crippen molar-refractivity contribution >= 4 is 28.8 Å². The fourth-order valence-corrected chi connectivity index (χ4v) is 5.08. The Balaban J connectivity index is 1.51. The Kier molecular flexibility index (Phi) is 6.47. The summed E-state index contributed by atoms with van der Waals surface area (Å²) in [5, 5.41) is 13.7. The molecule has 7 heteroatoms. The maximum atomic E-state index is 13.2. The number of aryl methyl sites for hydroxylation is 2. The summed E-state index contributed by atoms with van der Waals surface area (Å²) in [5.74, 6) is -1.95. The van der Waals surface area contributed by atoms with Crippen LogP contribution in [0.2, 0.25) is 0 Å². The van der Waals surface area contributed by atoms with Gasteiger partial charge < -0.3 is 5.32 Å². The van der Waals surface area contributed by atoms with Gasteiger partial charge in [0.05, 0.1) is 17.8 Å². The molecule has 0 spiro atoms. The lowest BCUT2D eigenvalue weighted by Gasteiger charge is -2.17. The molecular formula is C26H23N3O3S. The van der Waals surface area contributed by atoms with Crippen molar-refractivity contribution in [2.75, 3.05) is 0 Å². The van der Waals surface area contributed by atoms with Crippen molar-refractivity contribution < 1.29 is 14.4 Å². The Labute approximate surface area is 196 Å². The quantitative estimate of drug-likeness (QED) is 0.558. The summed E-state index contributed by atoms with van der Waals surface area (Å²) in [6.45, 7) is 4.20. The van der Waals surface area contributed by atoms with Gasteiger partial charge in [-0.1, -0.05) is 6.07 Å². The molecule has 1 amide bonds. The van der Waals surface area contributed by atoms with E-state index in [1.165, 1.54) is 6.20 Å². The van der Waals surface area contributed by atoms with E-state index < -0.39 is 11.8 Å². The fraction of sp³-hybridized carbons (Fsp3) is 0.269. The van der Waals surface area contributed by atoms with Gasteiger partial charge in [0.1, 0.15) is 17.8 Å². The van der Waals surface area contributed by atoms with Crippen LogP contribution in [-0.2, 0) is 20.9 Å². The smallest absolute Gasteiger partial charge is 0.221 e. The highest BCUT2D eigenvalue weighted by atomic mass is 32.1. The molecule has 3 aromatic rings. The van der Waals surface area contributed by atoms with Gasteiger partial charge in [0.25, 0.3) is 0 Å². The number of nitrogens with one attached hydrogen (secondary N) is 1. The van der Waals surface area contributed by atoms with Crippen molar-refractivity contribution in [1.29, 1.82) is 5.26 Å². The lowest BCUT2D eigenvalue weighted by molar-refractivity contribution is -0.128. The minimum atomic E-state index is -0.830. The highest BCUT2D eigenvalue weighted by Gasteiger charge is 2.43. The molecule has 1 fully saturated rings. The number of carbonyl (C=O) groups excluding carboxylic acids is 3. The van der Waals surface area contributed by atoms with Crippen LogP contribution in [0.3, 0.4) is 0 Å². The average Bonchev–Trinajstić information content (AvgIpc) is 3.41. The third-order valence-corrected chi connectivity index (χ3v) is 6.88. The molecule has 0 bridgehead atoms. The topological polar surface area (TPSA) is 99.9 Å². The van der Waals surface area contributed by atoms with Crippen molar-refractivity contribution in [3.05, 3.63) is 75.1 Å². The monoisotopic (exact) mass is 457 g/mol. The minimum Gasteiger partial charge on any atom is -0.351 e. The first-order valence-corrected chi connectivity index (χ1v) is 11.6. The molecule has 0 saturated heterocycles. The average molecular weight is 458 g/mol. The number of hydrogen-bond donors (Lipinski definition) is 1. The van der Waals surface area contributed by atoms with Crippen LogP contribution >= 0.6 is 11.3 Å². The number of nitriles is 1. The number of thiophene rings is 1. The van der Waals surface area contributed by atoms with Crippen LogP contribution in [-0.4, -0.2) is 22.5 Å². The SMILES string of the molecule is Cc1cc(-c2ccc(C#N)cn2)cc(C)c1C1C(=O)CC(CC(=O)NCc2cccs2)C1=O. The molecule has 1 aliphatic rings. The minimum absolute atomic E-state index is 0.0256. The number of aromatic nitrogens is 1. The van der Waals surface area contributed by atoms with Crippen molar-refractivity contribution in [3.8, 4) is 17.3 Å². The Morgan fingerprint density at radius 3 is 2.58 bits per heavy atom. The molecule has 2 heterocycles. The van der Waals surface area contributed by atoms with Crippen LogP contribution in [0.15, 0.2) is 48.0 Å². The van der Waals surface area contributed by atoms with Crippen molar-refractivity contribution in [3.63, 3.8) is 0 Å². The lowest BCUT2D eigenvalue weighted by Crippen LogP contribution is -2.27. The van der Waals surface area contributed by atoms with Gasteiger partial charge in [0, 0.05) is 35.4 Å². The van der Waals surface area contributed by atoms with Crippen molar-refractivity contribution in [2.45, 2.75) is 39.2 Å². The molecule has 4 rings (SSSR count). The van der Waals surface area contributed by atoms with Crippen LogP contribution in [0.25, 0.3) is 11.3 Å². The summed E-state index contributed by atoms with van der Waals surface area (Å²) in [4.78, 5) is 43.8. The van der Waals surface area contributed by atoms with E-state index in [0.717, 1.165) is 32.8 Å². The highest BCUT2D eigenvalue weighted by Crippen LogP contribution is 2.38. The zero-order chi connectivity index (χ0) is 23.5. The van der Waals surface area contributed by atoms with Crippen LogP contribution in [0.5, 0.6) is 0 Å². The second-order valence-corrected chi connectivity index (χ2v) is 9.36. The van der Waals surface area contributed by atoms with Gasteiger partial charge in [0.2, 0.25) is 5.91 Å². The Morgan fingerprint density at radius 1 is 1.21 bits per heavy atom. The maximum Gasteiger partial charge on any atom is 0.221 e. The van der Waals surface area contributed by atoms with Gasteiger partial charge >= 0.3 is 0 Å². The molecule has 1 saturated carbocycles. The summed E-state index contributed by atoms with van der Waals surface area (Å²) < 4.78 is 0. The molecule has 2 unspecified atom stereocenters. The number of ketones is 2. The third-order valence-electron chi connectivity index (χ3n) is 6.00. The Morgan fingerprint density at radius 2 is 1.97 bits per heavy atom. The first kappa shape index (κ1) is 22.6. The first-order chi connectivity index (χ1) is 15.9. The number of rotatable bonds is 6.